The number of hydrogen-bond acceptors (Lipinski definition) is 4. The van der Waals surface area contributed by atoms with Crippen molar-refractivity contribution >= 4 is 15.9 Å². The van der Waals surface area contributed by atoms with Gasteiger partial charge in [-0.3, -0.25) is 4.68 Å². The summed E-state index contributed by atoms with van der Waals surface area (Å²) in [5.74, 6) is -1.41. The molecule has 0 aromatic carbocycles. The van der Waals surface area contributed by atoms with Gasteiger partial charge in [0.25, 0.3) is 9.84 Å². The summed E-state index contributed by atoms with van der Waals surface area (Å²) < 4.78 is 54.4. The second-order valence-electron chi connectivity index (χ2n) is 5.36. The van der Waals surface area contributed by atoms with Gasteiger partial charge in [-0.1, -0.05) is 0 Å². The molecule has 1 fully saturated rings. The number of halogens is 2. The molecule has 0 atom stereocenters. The van der Waals surface area contributed by atoms with Crippen molar-refractivity contribution in [1.29, 1.82) is 0 Å². The van der Waals surface area contributed by atoms with Crippen LogP contribution in [0.25, 0.3) is 0 Å². The van der Waals surface area contributed by atoms with E-state index in [4.69, 9.17) is 5.11 Å². The molecule has 7 nitrogen and oxygen atoms in total. The van der Waals surface area contributed by atoms with Gasteiger partial charge in [0.1, 0.15) is 0 Å². The number of aromatic nitrogens is 2. The van der Waals surface area contributed by atoms with Crippen LogP contribution in [0.3, 0.4) is 0 Å². The van der Waals surface area contributed by atoms with Crippen LogP contribution in [0.1, 0.15) is 18.5 Å². The van der Waals surface area contributed by atoms with Crippen LogP contribution in [-0.2, 0) is 16.9 Å². The third-order valence-corrected chi connectivity index (χ3v) is 5.82. The highest BCUT2D eigenvalue weighted by Gasteiger charge is 2.54. The second kappa shape index (κ2) is 5.49. The molecule has 1 N–H and O–H groups in total. The fourth-order valence-electron chi connectivity index (χ4n) is 2.60. The lowest BCUT2D eigenvalue weighted by atomic mass is 9.97. The van der Waals surface area contributed by atoms with Crippen molar-refractivity contribution in [3.8, 4) is 0 Å². The van der Waals surface area contributed by atoms with Gasteiger partial charge in [0.15, 0.2) is 5.03 Å². The van der Waals surface area contributed by atoms with Crippen molar-refractivity contribution in [3.05, 3.63) is 11.8 Å². The predicted octanol–water partition coefficient (Wildman–Crippen LogP) is 1.49. The minimum absolute atomic E-state index is 0.102. The molecule has 0 saturated carbocycles. The molecule has 1 aliphatic rings. The molecular weight excluding hydrogens is 320 g/mol. The maximum Gasteiger partial charge on any atom is 0.407 e. The van der Waals surface area contributed by atoms with Gasteiger partial charge in [-0.2, -0.15) is 13.9 Å². The summed E-state index contributed by atoms with van der Waals surface area (Å²) in [5.41, 5.74) is 0.331. The monoisotopic (exact) mass is 337 g/mol. The molecule has 0 spiro atoms. The molecule has 0 bridgehead atoms. The number of piperidine rings is 1. The molecule has 0 radical (unpaired) electrons. The quantitative estimate of drug-likeness (QED) is 0.902. The summed E-state index contributed by atoms with van der Waals surface area (Å²) >= 11 is 0. The van der Waals surface area contributed by atoms with Crippen molar-refractivity contribution < 1.29 is 27.1 Å². The molecule has 1 aromatic heterocycles. The Bertz CT molecular complexity index is 679. The fourth-order valence-corrected chi connectivity index (χ4v) is 4.27. The maximum absolute atomic E-state index is 14.5. The Morgan fingerprint density at radius 2 is 1.95 bits per heavy atom. The number of alkyl halides is 2. The summed E-state index contributed by atoms with van der Waals surface area (Å²) in [5, 5.41) is 8.11. The van der Waals surface area contributed by atoms with Crippen molar-refractivity contribution in [2.45, 2.75) is 30.0 Å². The number of rotatable bonds is 3. The van der Waals surface area contributed by atoms with Gasteiger partial charge in [0, 0.05) is 26.1 Å². The van der Waals surface area contributed by atoms with Gasteiger partial charge in [-0.25, -0.2) is 13.2 Å². The normalized spacial score (nSPS) is 17.7. The van der Waals surface area contributed by atoms with Gasteiger partial charge in [-0.15, -0.1) is 0 Å². The van der Waals surface area contributed by atoms with Gasteiger partial charge in [0.2, 0.25) is 0 Å². The highest BCUT2D eigenvalue weighted by Crippen LogP contribution is 2.40. The van der Waals surface area contributed by atoms with Crippen molar-refractivity contribution in [2.24, 2.45) is 13.0 Å². The minimum atomic E-state index is -4.88. The smallest absolute Gasteiger partial charge is 0.407 e. The van der Waals surface area contributed by atoms with E-state index in [1.54, 1.807) is 0 Å². The van der Waals surface area contributed by atoms with Gasteiger partial charge < -0.3 is 10.0 Å². The highest BCUT2D eigenvalue weighted by atomic mass is 32.2. The van der Waals surface area contributed by atoms with Crippen LogP contribution in [0, 0.1) is 12.8 Å². The van der Waals surface area contributed by atoms with Crippen LogP contribution in [0.2, 0.25) is 0 Å². The summed E-state index contributed by atoms with van der Waals surface area (Å²) in [6.45, 7) is 1.31. The second-order valence-corrected chi connectivity index (χ2v) is 7.33. The van der Waals surface area contributed by atoms with E-state index in [0.29, 0.717) is 5.69 Å². The number of sulfone groups is 1. The average molecular weight is 337 g/mol. The van der Waals surface area contributed by atoms with Crippen molar-refractivity contribution in [1.82, 2.24) is 14.7 Å². The summed E-state index contributed by atoms with van der Waals surface area (Å²) in [6, 6.07) is 1.11. The third-order valence-electron chi connectivity index (χ3n) is 3.83. The van der Waals surface area contributed by atoms with Gasteiger partial charge >= 0.3 is 11.3 Å². The van der Waals surface area contributed by atoms with Crippen LogP contribution in [0.4, 0.5) is 13.6 Å². The zero-order valence-electron chi connectivity index (χ0n) is 12.2. The van der Waals surface area contributed by atoms with Crippen molar-refractivity contribution in [3.63, 3.8) is 0 Å². The van der Waals surface area contributed by atoms with E-state index < -0.39 is 32.1 Å². The number of likely N-dealkylation sites (tertiary alicyclic amines) is 1. The molecule has 1 saturated heterocycles. The molecule has 22 heavy (non-hydrogen) atoms. The minimum Gasteiger partial charge on any atom is -0.465 e. The summed E-state index contributed by atoms with van der Waals surface area (Å²) in [4.78, 5) is 11.8. The fraction of sp³-hybridized carbons (Fsp3) is 0.667. The lowest BCUT2D eigenvalue weighted by molar-refractivity contribution is -0.00384. The van der Waals surface area contributed by atoms with E-state index in [2.05, 4.69) is 5.10 Å². The van der Waals surface area contributed by atoms with E-state index >= 15 is 0 Å². The largest absolute Gasteiger partial charge is 0.465 e. The lowest BCUT2D eigenvalue weighted by Gasteiger charge is -2.33. The number of amides is 1. The SMILES string of the molecule is Cc1cc(S(=O)(=O)C(F)(F)C2CCN(C(=O)O)CC2)n(C)n1. The first-order valence-electron chi connectivity index (χ1n) is 6.68. The maximum atomic E-state index is 14.5. The average Bonchev–Trinajstić information content (AvgIpc) is 2.78. The van der Waals surface area contributed by atoms with E-state index in [-0.39, 0.29) is 25.9 Å². The van der Waals surface area contributed by atoms with E-state index in [9.17, 15) is 22.0 Å². The Kier molecular flexibility index (Phi) is 4.16. The first-order chi connectivity index (χ1) is 10.1. The Labute approximate surface area is 126 Å². The first-order valence-corrected chi connectivity index (χ1v) is 8.16. The standard InChI is InChI=1S/C12H17F2N3O4S/c1-8-7-10(16(2)15-8)22(20,21)12(13,14)9-3-5-17(6-4-9)11(18)19/h7,9H,3-6H2,1-2H3,(H,18,19). The Balaban J connectivity index is 2.26. The number of aryl methyl sites for hydroxylation is 2. The van der Waals surface area contributed by atoms with Crippen LogP contribution in [0.5, 0.6) is 0 Å². The molecule has 1 aromatic rings. The molecule has 2 heterocycles. The molecule has 0 unspecified atom stereocenters. The number of carboxylic acid groups (broad SMARTS) is 1. The van der Waals surface area contributed by atoms with Gasteiger partial charge in [-0.05, 0) is 25.8 Å². The molecule has 124 valence electrons. The lowest BCUT2D eigenvalue weighted by Crippen LogP contribution is -2.46. The molecule has 10 heteroatoms. The van der Waals surface area contributed by atoms with Crippen LogP contribution in [0.15, 0.2) is 11.1 Å². The van der Waals surface area contributed by atoms with Crippen LogP contribution < -0.4 is 0 Å². The molecule has 2 rings (SSSR count). The number of carbonyl (C=O) groups is 1. The number of hydrogen-bond donors (Lipinski definition) is 1. The first kappa shape index (κ1) is 16.7. The zero-order valence-corrected chi connectivity index (χ0v) is 13.0. The van der Waals surface area contributed by atoms with E-state index in [1.807, 2.05) is 0 Å². The van der Waals surface area contributed by atoms with Gasteiger partial charge in [0.05, 0.1) is 5.69 Å². The number of nitrogens with zero attached hydrogens (tertiary/aromatic N) is 3. The third kappa shape index (κ3) is 2.67. The Hall–Kier alpha value is -1.71. The van der Waals surface area contributed by atoms with E-state index in [1.165, 1.54) is 14.0 Å². The van der Waals surface area contributed by atoms with Crippen LogP contribution >= 0.6 is 0 Å². The zero-order chi connectivity index (χ0) is 16.7. The summed E-state index contributed by atoms with van der Waals surface area (Å²) in [7, 11) is -3.59. The molecule has 1 aliphatic heterocycles. The Morgan fingerprint density at radius 1 is 1.41 bits per heavy atom. The molecule has 0 aliphatic carbocycles. The van der Waals surface area contributed by atoms with Crippen LogP contribution in [-0.4, -0.2) is 52.6 Å². The highest BCUT2D eigenvalue weighted by molar-refractivity contribution is 7.92. The molecular formula is C12H17F2N3O4S. The predicted molar refractivity (Wildman–Crippen MR) is 72.4 cm³/mol. The topological polar surface area (TPSA) is 92.5 Å². The molecule has 1 amide bonds. The van der Waals surface area contributed by atoms with Crippen molar-refractivity contribution in [2.75, 3.05) is 13.1 Å². The summed E-state index contributed by atoms with van der Waals surface area (Å²) in [6.07, 6.45) is -1.59. The van der Waals surface area contributed by atoms with E-state index in [0.717, 1.165) is 15.6 Å². The Morgan fingerprint density at radius 3 is 2.36 bits per heavy atom.